The highest BCUT2D eigenvalue weighted by Crippen LogP contribution is 2.38. The molecule has 0 radical (unpaired) electrons. The molecular formula is C21H26N4O5S. The molecule has 1 N–H and O–H groups in total. The molecule has 166 valence electrons. The van der Waals surface area contributed by atoms with Crippen molar-refractivity contribution in [3.05, 3.63) is 28.8 Å². The van der Waals surface area contributed by atoms with Crippen LogP contribution in [0.1, 0.15) is 34.2 Å². The molecule has 2 fully saturated rings. The van der Waals surface area contributed by atoms with Crippen LogP contribution in [-0.4, -0.2) is 95.5 Å². The number of rotatable bonds is 6. The third-order valence-corrected chi connectivity index (χ3v) is 6.84. The Morgan fingerprint density at radius 1 is 1.39 bits per heavy atom. The van der Waals surface area contributed by atoms with Crippen LogP contribution in [0.3, 0.4) is 0 Å². The van der Waals surface area contributed by atoms with Crippen molar-refractivity contribution in [2.45, 2.75) is 18.9 Å². The highest BCUT2D eigenvalue weighted by molar-refractivity contribution is 7.20. The number of carbonyl (C=O) groups is 3. The van der Waals surface area contributed by atoms with Gasteiger partial charge in [-0.15, -0.1) is 11.3 Å². The zero-order chi connectivity index (χ0) is 22.0. The quantitative estimate of drug-likeness (QED) is 0.707. The number of amides is 3. The Morgan fingerprint density at radius 2 is 2.23 bits per heavy atom. The van der Waals surface area contributed by atoms with Crippen LogP contribution >= 0.6 is 11.3 Å². The molecule has 0 aromatic carbocycles. The number of likely N-dealkylation sites (tertiary alicyclic amines) is 1. The first-order chi connectivity index (χ1) is 15.0. The predicted molar refractivity (Wildman–Crippen MR) is 115 cm³/mol. The number of likely N-dealkylation sites (N-methyl/N-ethyl adjacent to an activating group) is 1. The number of aromatic nitrogens is 1. The van der Waals surface area contributed by atoms with Crippen LogP contribution in [0.25, 0.3) is 10.2 Å². The number of hydrogen-bond acceptors (Lipinski definition) is 7. The summed E-state index contributed by atoms with van der Waals surface area (Å²) in [4.78, 5) is 48.2. The van der Waals surface area contributed by atoms with Crippen molar-refractivity contribution in [2.75, 3.05) is 53.0 Å². The molecule has 31 heavy (non-hydrogen) atoms. The molecule has 0 bridgehead atoms. The molecule has 4 rings (SSSR count). The van der Waals surface area contributed by atoms with Gasteiger partial charge >= 0.3 is 0 Å². The van der Waals surface area contributed by atoms with E-state index in [4.69, 9.17) is 4.74 Å². The van der Waals surface area contributed by atoms with Gasteiger partial charge in [-0.05, 0) is 12.5 Å². The van der Waals surface area contributed by atoms with E-state index in [2.05, 4.69) is 4.98 Å². The van der Waals surface area contributed by atoms with Gasteiger partial charge in [-0.25, -0.2) is 4.98 Å². The first-order valence-corrected chi connectivity index (χ1v) is 11.2. The molecule has 4 heterocycles. The van der Waals surface area contributed by atoms with Gasteiger partial charge in [0.05, 0.1) is 26.3 Å². The van der Waals surface area contributed by atoms with Gasteiger partial charge in [0.1, 0.15) is 15.8 Å². The Morgan fingerprint density at radius 3 is 2.97 bits per heavy atom. The average Bonchev–Trinajstić information content (AvgIpc) is 3.36. The molecular weight excluding hydrogens is 420 g/mol. The Bertz CT molecular complexity index is 993. The first kappa shape index (κ1) is 21.7. The SMILES string of the molecule is CN(CCO)C(=O)c1sc2ncccc2c1C1CN(C(=O)CN2CCCC2=O)CCO1. The highest BCUT2D eigenvalue weighted by atomic mass is 32.1. The summed E-state index contributed by atoms with van der Waals surface area (Å²) in [5.41, 5.74) is 0.734. The third-order valence-electron chi connectivity index (χ3n) is 5.72. The van der Waals surface area contributed by atoms with E-state index >= 15 is 0 Å². The summed E-state index contributed by atoms with van der Waals surface area (Å²) in [6, 6.07) is 3.72. The zero-order valence-corrected chi connectivity index (χ0v) is 18.3. The van der Waals surface area contributed by atoms with E-state index in [0.29, 0.717) is 37.5 Å². The maximum Gasteiger partial charge on any atom is 0.264 e. The van der Waals surface area contributed by atoms with Crippen molar-refractivity contribution in [2.24, 2.45) is 0 Å². The van der Waals surface area contributed by atoms with E-state index in [-0.39, 0.29) is 37.4 Å². The van der Waals surface area contributed by atoms with Crippen LogP contribution in [0.4, 0.5) is 0 Å². The average molecular weight is 447 g/mol. The standard InChI is InChI=1S/C21H26N4O5S/c1-23(8-10-26)21(29)19-18(14-4-2-6-22-20(14)31-19)15-12-25(9-11-30-15)17(28)13-24-7-3-5-16(24)27/h2,4,6,15,26H,3,5,7-13H2,1H3. The maximum atomic E-state index is 13.1. The Labute approximate surface area is 184 Å². The summed E-state index contributed by atoms with van der Waals surface area (Å²) >= 11 is 1.30. The van der Waals surface area contributed by atoms with Gasteiger partial charge in [-0.3, -0.25) is 14.4 Å². The minimum absolute atomic E-state index is 0.0212. The number of hydrogen-bond donors (Lipinski definition) is 1. The first-order valence-electron chi connectivity index (χ1n) is 10.4. The van der Waals surface area contributed by atoms with Crippen molar-refractivity contribution in [3.63, 3.8) is 0 Å². The molecule has 2 aromatic heterocycles. The van der Waals surface area contributed by atoms with E-state index < -0.39 is 6.10 Å². The maximum absolute atomic E-state index is 13.1. The molecule has 2 aliphatic heterocycles. The number of carbonyl (C=O) groups excluding carboxylic acids is 3. The van der Waals surface area contributed by atoms with E-state index in [0.717, 1.165) is 22.2 Å². The van der Waals surface area contributed by atoms with Crippen LogP contribution in [0.15, 0.2) is 18.3 Å². The molecule has 2 saturated heterocycles. The predicted octanol–water partition coefficient (Wildman–Crippen LogP) is 0.883. The Kier molecular flexibility index (Phi) is 6.49. The number of morpholine rings is 1. The van der Waals surface area contributed by atoms with E-state index in [1.54, 1.807) is 23.0 Å². The summed E-state index contributed by atoms with van der Waals surface area (Å²) < 4.78 is 6.02. The topological polar surface area (TPSA) is 103 Å². The van der Waals surface area contributed by atoms with Crippen LogP contribution in [0, 0.1) is 0 Å². The van der Waals surface area contributed by atoms with Gasteiger partial charge in [0, 0.05) is 50.2 Å². The van der Waals surface area contributed by atoms with Crippen molar-refractivity contribution >= 4 is 39.3 Å². The Hall–Kier alpha value is -2.56. The van der Waals surface area contributed by atoms with E-state index in [1.165, 1.54) is 16.2 Å². The summed E-state index contributed by atoms with van der Waals surface area (Å²) in [5, 5.41) is 10.1. The number of thiophene rings is 1. The highest BCUT2D eigenvalue weighted by Gasteiger charge is 2.33. The van der Waals surface area contributed by atoms with Crippen molar-refractivity contribution in [3.8, 4) is 0 Å². The lowest BCUT2D eigenvalue weighted by Gasteiger charge is -2.34. The van der Waals surface area contributed by atoms with E-state index in [1.807, 2.05) is 12.1 Å². The summed E-state index contributed by atoms with van der Waals surface area (Å²) in [6.07, 6.45) is 2.50. The van der Waals surface area contributed by atoms with Gasteiger partial charge in [-0.1, -0.05) is 6.07 Å². The normalized spacial score (nSPS) is 19.3. The summed E-state index contributed by atoms with van der Waals surface area (Å²) in [7, 11) is 1.64. The zero-order valence-electron chi connectivity index (χ0n) is 17.5. The monoisotopic (exact) mass is 446 g/mol. The van der Waals surface area contributed by atoms with Crippen molar-refractivity contribution < 1.29 is 24.2 Å². The van der Waals surface area contributed by atoms with Gasteiger partial charge in [0.2, 0.25) is 11.8 Å². The summed E-state index contributed by atoms with van der Waals surface area (Å²) in [5.74, 6) is -0.291. The molecule has 3 amide bonds. The number of ether oxygens (including phenoxy) is 1. The molecule has 0 spiro atoms. The lowest BCUT2D eigenvalue weighted by Crippen LogP contribution is -2.47. The molecule has 0 aliphatic carbocycles. The van der Waals surface area contributed by atoms with Crippen LogP contribution in [0.2, 0.25) is 0 Å². The minimum Gasteiger partial charge on any atom is -0.395 e. The number of nitrogens with zero attached hydrogens (tertiary/aromatic N) is 4. The van der Waals surface area contributed by atoms with Crippen LogP contribution in [-0.2, 0) is 14.3 Å². The number of aliphatic hydroxyl groups excluding tert-OH is 1. The largest absolute Gasteiger partial charge is 0.395 e. The van der Waals surface area contributed by atoms with Crippen molar-refractivity contribution in [1.29, 1.82) is 0 Å². The van der Waals surface area contributed by atoms with Gasteiger partial charge in [0.15, 0.2) is 0 Å². The number of aliphatic hydroxyl groups is 1. The minimum atomic E-state index is -0.466. The molecule has 0 saturated carbocycles. The third kappa shape index (κ3) is 4.41. The van der Waals surface area contributed by atoms with Crippen LogP contribution in [0.5, 0.6) is 0 Å². The molecule has 9 nitrogen and oxygen atoms in total. The molecule has 10 heteroatoms. The van der Waals surface area contributed by atoms with Gasteiger partial charge < -0.3 is 24.5 Å². The molecule has 1 unspecified atom stereocenters. The van der Waals surface area contributed by atoms with Crippen LogP contribution < -0.4 is 0 Å². The lowest BCUT2D eigenvalue weighted by molar-refractivity contribution is -0.143. The smallest absolute Gasteiger partial charge is 0.264 e. The van der Waals surface area contributed by atoms with E-state index in [9.17, 15) is 19.5 Å². The van der Waals surface area contributed by atoms with Gasteiger partial charge in [-0.2, -0.15) is 0 Å². The fraction of sp³-hybridized carbons (Fsp3) is 0.524. The fourth-order valence-corrected chi connectivity index (χ4v) is 5.23. The fourth-order valence-electron chi connectivity index (χ4n) is 4.04. The number of pyridine rings is 1. The second kappa shape index (κ2) is 9.29. The lowest BCUT2D eigenvalue weighted by atomic mass is 10.0. The molecule has 2 aromatic rings. The summed E-state index contributed by atoms with van der Waals surface area (Å²) in [6.45, 7) is 1.91. The second-order valence-electron chi connectivity index (χ2n) is 7.77. The number of fused-ring (bicyclic) bond motifs is 1. The van der Waals surface area contributed by atoms with Gasteiger partial charge in [0.25, 0.3) is 5.91 Å². The molecule has 1 atom stereocenters. The second-order valence-corrected chi connectivity index (χ2v) is 8.77. The van der Waals surface area contributed by atoms with Crippen molar-refractivity contribution in [1.82, 2.24) is 19.7 Å². The molecule has 2 aliphatic rings. The Balaban J connectivity index is 1.59.